The second-order valence-corrected chi connectivity index (χ2v) is 44.2. The maximum Gasteiger partial charge on any atom is 0.510 e. The highest BCUT2D eigenvalue weighted by atomic mass is 29.2. The first-order chi connectivity index (χ1) is 26.1. The van der Waals surface area contributed by atoms with Crippen LogP contribution in [0.1, 0.15) is 138 Å². The molecule has 0 aromatic heterocycles. The molecule has 0 radical (unpaired) electrons. The third-order valence-corrected chi connectivity index (χ3v) is 51.6. The number of imide groups is 3. The van der Waals surface area contributed by atoms with Gasteiger partial charge in [-0.05, 0) is 28.2 Å². The summed E-state index contributed by atoms with van der Waals surface area (Å²) >= 11 is 0. The zero-order valence-electron chi connectivity index (χ0n) is 37.0. The lowest BCUT2D eigenvalue weighted by molar-refractivity contribution is -0.535. The quantitative estimate of drug-likeness (QED) is 0.0498. The number of hydrogen-bond donors (Lipinski definition) is 0. The molecule has 314 valence electrons. The third kappa shape index (κ3) is 8.40. The van der Waals surface area contributed by atoms with Crippen molar-refractivity contribution in [2.24, 2.45) is 5.92 Å². The van der Waals surface area contributed by atoms with Gasteiger partial charge in [-0.2, -0.15) is 9.37 Å². The third-order valence-electron chi connectivity index (χ3n) is 12.9. The Morgan fingerprint density at radius 1 is 0.714 bits per heavy atom. The fraction of sp³-hybridized carbons (Fsp3) is 0.732. The summed E-state index contributed by atoms with van der Waals surface area (Å²) in [6.07, 6.45) is -1.91. The smallest absolute Gasteiger partial charge is 0.330 e. The highest BCUT2D eigenvalue weighted by Crippen LogP contribution is 2.46. The fourth-order valence-corrected chi connectivity index (χ4v) is 48.3. The maximum atomic E-state index is 15.0. The van der Waals surface area contributed by atoms with Crippen LogP contribution in [0.2, 0.25) is 44.3 Å². The predicted molar refractivity (Wildman–Crippen MR) is 230 cm³/mol. The number of carbonyl (C=O) groups excluding carboxylic acids is 4. The molecule has 1 aromatic carbocycles. The van der Waals surface area contributed by atoms with E-state index in [0.29, 0.717) is 38.1 Å². The van der Waals surface area contributed by atoms with E-state index in [-0.39, 0.29) is 35.2 Å². The molecule has 1 aromatic rings. The molecule has 0 N–H and O–H groups in total. The molecule has 3 aliphatic rings. The van der Waals surface area contributed by atoms with E-state index in [2.05, 4.69) is 111 Å². The van der Waals surface area contributed by atoms with E-state index in [0.717, 1.165) is 0 Å². The molecule has 0 aliphatic carbocycles. The second kappa shape index (κ2) is 18.5. The Morgan fingerprint density at radius 3 is 1.64 bits per heavy atom. The summed E-state index contributed by atoms with van der Waals surface area (Å²) in [7, 11) is -8.35. The lowest BCUT2D eigenvalue weighted by Gasteiger charge is -2.47. The molecule has 1 saturated heterocycles. The molecule has 0 spiro atoms. The summed E-state index contributed by atoms with van der Waals surface area (Å²) < 4.78 is 21.9. The molecule has 56 heavy (non-hydrogen) atoms. The van der Waals surface area contributed by atoms with E-state index >= 15 is 4.79 Å². The predicted octanol–water partition coefficient (Wildman–Crippen LogP) is 8.85. The second-order valence-electron chi connectivity index (χ2n) is 19.0. The van der Waals surface area contributed by atoms with Gasteiger partial charge in [-0.15, -0.1) is 0 Å². The first-order valence-electron chi connectivity index (χ1n) is 21.1. The van der Waals surface area contributed by atoms with Crippen molar-refractivity contribution in [1.82, 2.24) is 4.90 Å². The molecule has 11 nitrogen and oxygen atoms in total. The van der Waals surface area contributed by atoms with Crippen LogP contribution in [-0.4, -0.2) is 96.7 Å². The van der Waals surface area contributed by atoms with Crippen LogP contribution in [0, 0.1) is 5.92 Å². The Bertz CT molecular complexity index is 1600. The number of ether oxygens (including phenoxy) is 1. The Hall–Kier alpha value is -1.96. The van der Waals surface area contributed by atoms with Crippen LogP contribution in [0.25, 0.3) is 0 Å². The van der Waals surface area contributed by atoms with Crippen molar-refractivity contribution in [1.29, 1.82) is 0 Å². The minimum absolute atomic E-state index is 0.0207. The number of urea groups is 1. The Balaban J connectivity index is 1.89. The lowest BCUT2D eigenvalue weighted by Crippen LogP contribution is -2.62. The molecule has 3 aliphatic heterocycles. The minimum atomic E-state index is -2.68. The number of benzene rings is 1. The average molecular weight is 848 g/mol. The summed E-state index contributed by atoms with van der Waals surface area (Å²) in [4.78, 5) is 70.1. The van der Waals surface area contributed by atoms with Crippen molar-refractivity contribution in [2.45, 2.75) is 180 Å². The van der Waals surface area contributed by atoms with Crippen LogP contribution in [0.5, 0.6) is 0 Å². The number of fused-ring (bicyclic) bond motifs is 5. The number of Topliss-reactive ketones (excluding diaryl/α,β-unsaturated/α-hetero) is 1. The summed E-state index contributed by atoms with van der Waals surface area (Å²) in [6, 6.07) is 5.48. The number of nitrogens with zero attached hydrogens (tertiary/aromatic N) is 2. The molecule has 4 rings (SSSR count). The van der Waals surface area contributed by atoms with Crippen LogP contribution in [0.4, 0.5) is 4.79 Å². The van der Waals surface area contributed by atoms with Gasteiger partial charge in [0.1, 0.15) is 31.2 Å². The van der Waals surface area contributed by atoms with Gasteiger partial charge in [-0.3, -0.25) is 13.9 Å². The maximum absolute atomic E-state index is 15.0. The summed E-state index contributed by atoms with van der Waals surface area (Å²) in [5, 5.41) is 0. The molecule has 1 fully saturated rings. The number of carbonyl (C=O) groups is 4. The highest BCUT2D eigenvalue weighted by molar-refractivity contribution is 7.32. The zero-order chi connectivity index (χ0) is 42.2. The molecule has 15 heteroatoms. The highest BCUT2D eigenvalue weighted by Gasteiger charge is 2.62. The van der Waals surface area contributed by atoms with Crippen molar-refractivity contribution >= 4 is 62.1 Å². The Kier molecular flexibility index (Phi) is 15.5. The molecule has 0 saturated carbocycles. The van der Waals surface area contributed by atoms with E-state index in [1.807, 2.05) is 0 Å². The summed E-state index contributed by atoms with van der Waals surface area (Å²) in [6.45, 7) is 36.3. The Morgan fingerprint density at radius 2 is 1.18 bits per heavy atom. The lowest BCUT2D eigenvalue weighted by atomic mass is 9.88. The number of ketones is 1. The van der Waals surface area contributed by atoms with Gasteiger partial charge in [0, 0.05) is 5.56 Å². The molecular weight excluding hydrogens is 777 g/mol. The van der Waals surface area contributed by atoms with Gasteiger partial charge in [-0.25, -0.2) is 19.4 Å². The van der Waals surface area contributed by atoms with Crippen LogP contribution < -0.4 is 0 Å². The Labute approximate surface area is 341 Å². The summed E-state index contributed by atoms with van der Waals surface area (Å²) in [5.41, 5.74) is 2.95. The van der Waals surface area contributed by atoms with Crippen LogP contribution in [-0.2, 0) is 28.5 Å². The minimum Gasteiger partial charge on any atom is -0.330 e. The van der Waals surface area contributed by atoms with E-state index in [1.165, 1.54) is 16.9 Å². The number of amides is 4. The van der Waals surface area contributed by atoms with Crippen LogP contribution in [0.15, 0.2) is 24.3 Å². The molecule has 4 amide bonds. The van der Waals surface area contributed by atoms with Gasteiger partial charge < -0.3 is 4.74 Å². The van der Waals surface area contributed by atoms with Crippen molar-refractivity contribution in [3.63, 3.8) is 0 Å². The first-order valence-corrected chi connectivity index (χ1v) is 31.5. The van der Waals surface area contributed by atoms with E-state index < -0.39 is 80.3 Å². The standard InChI is InChI=1S/C41H71N2O9Si4/c1-24(2)53(25(3)4)55(28(9)10,29(11)12)51-48-23-34-38(50-52-56(30(13)14,31(15)16)54(26(5)6)27(7)8)36-37(45)32-19-17-18-20-33(32)39(46)43-35(44)21-22-42(41(43)47)40(36)49-34/h17-20,22,24-31,34,36,38,40,53-54H,21,23H2,1-16H3/q+1/t34-,36-,38-,40-/m1/s1. The largest absolute Gasteiger partial charge is 0.510 e. The van der Waals surface area contributed by atoms with Crippen molar-refractivity contribution in [2.75, 3.05) is 6.61 Å². The SMILES string of the molecule is CC(C)[SiH](C(C)C)[Si](OOC[C@H]1O[C@@H]2[C@H](C(=O)c3ccccc3C(=O)N3C(=O)CC=[N+]2C3=O)[C@@H]1OO[Si](C(C)C)(C(C)C)[SiH](C(C)C)C(C)C)(C(C)C)C(C)C. The van der Waals surface area contributed by atoms with Gasteiger partial charge in [0.15, 0.2) is 5.78 Å². The van der Waals surface area contributed by atoms with Gasteiger partial charge in [0.05, 0.1) is 28.4 Å². The van der Waals surface area contributed by atoms with E-state index in [9.17, 15) is 14.4 Å². The van der Waals surface area contributed by atoms with Crippen molar-refractivity contribution in [3.8, 4) is 0 Å². The van der Waals surface area contributed by atoms with Gasteiger partial charge in [0.2, 0.25) is 21.9 Å². The number of rotatable bonds is 17. The van der Waals surface area contributed by atoms with E-state index in [1.54, 1.807) is 18.2 Å². The van der Waals surface area contributed by atoms with Gasteiger partial charge >= 0.3 is 17.8 Å². The molecule has 3 heterocycles. The normalized spacial score (nSPS) is 22.5. The van der Waals surface area contributed by atoms with Gasteiger partial charge in [0.25, 0.3) is 0 Å². The molecule has 0 unspecified atom stereocenters. The van der Waals surface area contributed by atoms with E-state index in [4.69, 9.17) is 23.7 Å². The average Bonchev–Trinajstić information content (AvgIpc) is 3.45. The topological polar surface area (TPSA) is 121 Å². The monoisotopic (exact) mass is 847 g/mol. The fourth-order valence-electron chi connectivity index (χ4n) is 11.0. The molecule has 2 bridgehead atoms. The van der Waals surface area contributed by atoms with Crippen LogP contribution >= 0.6 is 0 Å². The first kappa shape index (κ1) is 46.7. The number of hydrogen-bond acceptors (Lipinski definition) is 9. The molecule has 4 atom stereocenters. The molecular formula is C41H71N2O9Si4+. The zero-order valence-corrected chi connectivity index (χ0v) is 41.3. The summed E-state index contributed by atoms with van der Waals surface area (Å²) in [5.74, 6) is -3.04. The van der Waals surface area contributed by atoms with Crippen molar-refractivity contribution < 1.29 is 47.4 Å². The van der Waals surface area contributed by atoms with Crippen LogP contribution in [0.3, 0.4) is 0 Å². The van der Waals surface area contributed by atoms with Crippen molar-refractivity contribution in [3.05, 3.63) is 35.4 Å². The van der Waals surface area contributed by atoms with Gasteiger partial charge in [-0.1, -0.05) is 156 Å².